The molecule has 2 aromatic carbocycles. The number of hydrogen-bond acceptors (Lipinski definition) is 3. The largest absolute Gasteiger partial charge is 0.478 e. The molecule has 0 radical (unpaired) electrons. The van der Waals surface area contributed by atoms with E-state index in [1.807, 2.05) is 18.2 Å². The van der Waals surface area contributed by atoms with Gasteiger partial charge in [0.05, 0.1) is 16.9 Å². The summed E-state index contributed by atoms with van der Waals surface area (Å²) in [6, 6.07) is 17.3. The zero-order chi connectivity index (χ0) is 17.8. The Kier molecular flexibility index (Phi) is 5.14. The van der Waals surface area contributed by atoms with Crippen molar-refractivity contribution in [2.24, 2.45) is 4.99 Å². The Morgan fingerprint density at radius 2 is 1.84 bits per heavy atom. The first-order valence-corrected chi connectivity index (χ1v) is 9.11. The molecule has 0 spiro atoms. The summed E-state index contributed by atoms with van der Waals surface area (Å²) in [7, 11) is 0. The van der Waals surface area contributed by atoms with Crippen molar-refractivity contribution in [2.45, 2.75) is 26.3 Å². The molecule has 25 heavy (non-hydrogen) atoms. The summed E-state index contributed by atoms with van der Waals surface area (Å²) >= 11 is 1.60. The van der Waals surface area contributed by atoms with Gasteiger partial charge in [0.25, 0.3) is 0 Å². The first-order valence-electron chi connectivity index (χ1n) is 8.23. The molecule has 1 aromatic heterocycles. The van der Waals surface area contributed by atoms with Gasteiger partial charge in [0, 0.05) is 11.4 Å². The molecule has 3 rings (SSSR count). The van der Waals surface area contributed by atoms with E-state index in [2.05, 4.69) is 35.9 Å². The second-order valence-corrected chi connectivity index (χ2v) is 6.70. The van der Waals surface area contributed by atoms with Crippen LogP contribution in [-0.4, -0.2) is 15.6 Å². The van der Waals surface area contributed by atoms with Gasteiger partial charge in [-0.05, 0) is 43.2 Å². The van der Waals surface area contributed by atoms with Crippen LogP contribution in [0.2, 0.25) is 0 Å². The number of thiazole rings is 1. The van der Waals surface area contributed by atoms with Crippen LogP contribution in [-0.2, 0) is 0 Å². The lowest BCUT2D eigenvalue weighted by atomic mass is 10.1. The van der Waals surface area contributed by atoms with Gasteiger partial charge in [0.15, 0.2) is 4.80 Å². The normalized spacial score (nSPS) is 13.0. The van der Waals surface area contributed by atoms with Gasteiger partial charge in [0.1, 0.15) is 0 Å². The number of carbonyl (C=O) groups is 1. The molecular weight excluding hydrogens is 332 g/mol. The minimum Gasteiger partial charge on any atom is -0.478 e. The number of aromatic nitrogens is 1. The van der Waals surface area contributed by atoms with Crippen molar-refractivity contribution in [3.63, 3.8) is 0 Å². The fourth-order valence-corrected chi connectivity index (χ4v) is 3.64. The zero-order valence-corrected chi connectivity index (χ0v) is 15.0. The van der Waals surface area contributed by atoms with E-state index < -0.39 is 5.97 Å². The number of carboxylic acid groups (broad SMARTS) is 1. The molecular formula is C20H20N2O2S. The predicted octanol–water partition coefficient (Wildman–Crippen LogP) is 5.12. The van der Waals surface area contributed by atoms with Gasteiger partial charge in [-0.1, -0.05) is 37.3 Å². The van der Waals surface area contributed by atoms with E-state index in [0.29, 0.717) is 6.04 Å². The highest BCUT2D eigenvalue weighted by Gasteiger charge is 2.12. The summed E-state index contributed by atoms with van der Waals surface area (Å²) in [6.07, 6.45) is 1.00. The minimum absolute atomic E-state index is 0.268. The van der Waals surface area contributed by atoms with E-state index in [1.54, 1.807) is 35.6 Å². The number of hydrogen-bond donors (Lipinski definition) is 1. The van der Waals surface area contributed by atoms with Crippen LogP contribution in [0.3, 0.4) is 0 Å². The van der Waals surface area contributed by atoms with Crippen molar-refractivity contribution < 1.29 is 9.90 Å². The fourth-order valence-electron chi connectivity index (χ4n) is 2.62. The van der Waals surface area contributed by atoms with Crippen LogP contribution in [0.5, 0.6) is 0 Å². The molecule has 0 aliphatic rings. The molecule has 0 bridgehead atoms. The van der Waals surface area contributed by atoms with Gasteiger partial charge in [-0.15, -0.1) is 11.3 Å². The SMILES string of the molecule is CCC(C)n1c(-c2ccccc2)cs/c1=N\c1ccc(C(=O)O)cc1. The Morgan fingerprint density at radius 1 is 1.16 bits per heavy atom. The summed E-state index contributed by atoms with van der Waals surface area (Å²) in [5, 5.41) is 11.1. The highest BCUT2D eigenvalue weighted by atomic mass is 32.1. The number of rotatable bonds is 5. The van der Waals surface area contributed by atoms with Gasteiger partial charge in [0.2, 0.25) is 0 Å². The molecule has 0 aliphatic heterocycles. The quantitative estimate of drug-likeness (QED) is 0.693. The van der Waals surface area contributed by atoms with Crippen LogP contribution in [0.25, 0.3) is 11.3 Å². The lowest BCUT2D eigenvalue weighted by Gasteiger charge is -2.15. The summed E-state index contributed by atoms with van der Waals surface area (Å²) in [5.41, 5.74) is 3.34. The molecule has 0 fully saturated rings. The van der Waals surface area contributed by atoms with Gasteiger partial charge in [-0.25, -0.2) is 9.79 Å². The number of benzene rings is 2. The third-order valence-electron chi connectivity index (χ3n) is 4.18. The first kappa shape index (κ1) is 17.2. The van der Waals surface area contributed by atoms with Crippen molar-refractivity contribution in [2.75, 3.05) is 0 Å². The molecule has 1 heterocycles. The number of aromatic carboxylic acids is 1. The average Bonchev–Trinajstić information content (AvgIpc) is 3.05. The number of nitrogens with zero attached hydrogens (tertiary/aromatic N) is 2. The zero-order valence-electron chi connectivity index (χ0n) is 14.2. The van der Waals surface area contributed by atoms with Crippen molar-refractivity contribution in [3.05, 3.63) is 70.3 Å². The standard InChI is InChI=1S/C20H20N2O2S/c1-3-14(2)22-18(15-7-5-4-6-8-15)13-25-20(22)21-17-11-9-16(10-12-17)19(23)24/h4-14H,3H2,1-2H3,(H,23,24)/b21-20-. The Bertz CT molecular complexity index is 924. The fraction of sp³-hybridized carbons (Fsp3) is 0.200. The molecule has 128 valence electrons. The van der Waals surface area contributed by atoms with E-state index in [0.717, 1.165) is 22.6 Å². The number of carboxylic acids is 1. The third-order valence-corrected chi connectivity index (χ3v) is 5.02. The van der Waals surface area contributed by atoms with Crippen LogP contribution < -0.4 is 4.80 Å². The molecule has 1 N–H and O–H groups in total. The van der Waals surface area contributed by atoms with Gasteiger partial charge in [-0.2, -0.15) is 0 Å². The molecule has 0 saturated carbocycles. The molecule has 1 atom stereocenters. The van der Waals surface area contributed by atoms with Gasteiger partial charge < -0.3 is 9.67 Å². The van der Waals surface area contributed by atoms with E-state index in [-0.39, 0.29) is 5.56 Å². The maximum atomic E-state index is 11.0. The highest BCUT2D eigenvalue weighted by Crippen LogP contribution is 2.25. The van der Waals surface area contributed by atoms with E-state index in [9.17, 15) is 4.79 Å². The molecule has 0 aliphatic carbocycles. The second kappa shape index (κ2) is 7.49. The summed E-state index contributed by atoms with van der Waals surface area (Å²) in [6.45, 7) is 4.35. The van der Waals surface area contributed by atoms with Crippen molar-refractivity contribution >= 4 is 23.0 Å². The molecule has 3 aromatic rings. The topological polar surface area (TPSA) is 54.6 Å². The lowest BCUT2D eigenvalue weighted by Crippen LogP contribution is -2.19. The predicted molar refractivity (Wildman–Crippen MR) is 101 cm³/mol. The van der Waals surface area contributed by atoms with Crippen molar-refractivity contribution in [1.82, 2.24) is 4.57 Å². The van der Waals surface area contributed by atoms with Crippen LogP contribution in [0.1, 0.15) is 36.7 Å². The summed E-state index contributed by atoms with van der Waals surface area (Å²) in [4.78, 5) is 16.6. The maximum Gasteiger partial charge on any atom is 0.335 e. The van der Waals surface area contributed by atoms with E-state index in [1.165, 1.54) is 5.56 Å². The molecule has 1 unspecified atom stereocenters. The minimum atomic E-state index is -0.927. The Morgan fingerprint density at radius 3 is 2.44 bits per heavy atom. The van der Waals surface area contributed by atoms with Crippen molar-refractivity contribution in [3.8, 4) is 11.3 Å². The molecule has 0 amide bonds. The Labute approximate surface area is 150 Å². The third kappa shape index (κ3) is 3.72. The van der Waals surface area contributed by atoms with Crippen LogP contribution in [0, 0.1) is 0 Å². The maximum absolute atomic E-state index is 11.0. The van der Waals surface area contributed by atoms with Gasteiger partial charge in [-0.3, -0.25) is 0 Å². The van der Waals surface area contributed by atoms with Crippen LogP contribution in [0.4, 0.5) is 5.69 Å². The first-order chi connectivity index (χ1) is 12.1. The van der Waals surface area contributed by atoms with Crippen molar-refractivity contribution in [1.29, 1.82) is 0 Å². The highest BCUT2D eigenvalue weighted by molar-refractivity contribution is 7.07. The molecule has 0 saturated heterocycles. The summed E-state index contributed by atoms with van der Waals surface area (Å²) in [5.74, 6) is -0.927. The Balaban J connectivity index is 2.10. The lowest BCUT2D eigenvalue weighted by molar-refractivity contribution is 0.0697. The van der Waals surface area contributed by atoms with E-state index >= 15 is 0 Å². The monoisotopic (exact) mass is 352 g/mol. The van der Waals surface area contributed by atoms with E-state index in [4.69, 9.17) is 10.1 Å². The Hall–Kier alpha value is -2.66. The second-order valence-electron chi connectivity index (χ2n) is 5.86. The van der Waals surface area contributed by atoms with Gasteiger partial charge >= 0.3 is 5.97 Å². The average molecular weight is 352 g/mol. The summed E-state index contributed by atoms with van der Waals surface area (Å²) < 4.78 is 2.26. The van der Waals surface area contributed by atoms with Crippen LogP contribution >= 0.6 is 11.3 Å². The van der Waals surface area contributed by atoms with Crippen LogP contribution in [0.15, 0.2) is 65.0 Å². The smallest absolute Gasteiger partial charge is 0.335 e. The molecule has 5 heteroatoms. The molecule has 4 nitrogen and oxygen atoms in total.